The van der Waals surface area contributed by atoms with Crippen LogP contribution in [0, 0.1) is 12.7 Å². The molecule has 20 heavy (non-hydrogen) atoms. The van der Waals surface area contributed by atoms with Crippen molar-refractivity contribution in [1.82, 2.24) is 9.88 Å². The number of hydrogen-bond donors (Lipinski definition) is 1. The van der Waals surface area contributed by atoms with Gasteiger partial charge in [0, 0.05) is 23.5 Å². The van der Waals surface area contributed by atoms with E-state index in [1.165, 1.54) is 17.0 Å². The summed E-state index contributed by atoms with van der Waals surface area (Å²) in [5.41, 5.74) is 9.87. The molecule has 6 heteroatoms. The SMILES string of the molecule is Cc1ncsc1CN(C)Cc1cc(F)cc(C(N)=S)c1. The van der Waals surface area contributed by atoms with Gasteiger partial charge < -0.3 is 5.73 Å². The topological polar surface area (TPSA) is 42.2 Å². The third-order valence-electron chi connectivity index (χ3n) is 2.95. The van der Waals surface area contributed by atoms with Crippen LogP contribution in [0.2, 0.25) is 0 Å². The number of aromatic nitrogens is 1. The predicted molar refractivity (Wildman–Crippen MR) is 84.3 cm³/mol. The average Bonchev–Trinajstić information content (AvgIpc) is 2.74. The molecule has 1 heterocycles. The number of benzene rings is 1. The molecule has 1 aromatic heterocycles. The fraction of sp³-hybridized carbons (Fsp3) is 0.286. The van der Waals surface area contributed by atoms with Crippen LogP contribution in [0.5, 0.6) is 0 Å². The first-order chi connectivity index (χ1) is 9.45. The quantitative estimate of drug-likeness (QED) is 0.863. The first-order valence-electron chi connectivity index (χ1n) is 6.12. The highest BCUT2D eigenvalue weighted by Gasteiger charge is 2.09. The highest BCUT2D eigenvalue weighted by Crippen LogP contribution is 2.17. The average molecular weight is 309 g/mol. The number of nitrogens with zero attached hydrogens (tertiary/aromatic N) is 2. The summed E-state index contributed by atoms with van der Waals surface area (Å²) in [5.74, 6) is -0.312. The van der Waals surface area contributed by atoms with Crippen LogP contribution in [0.15, 0.2) is 23.7 Å². The van der Waals surface area contributed by atoms with E-state index in [1.807, 2.05) is 25.5 Å². The molecule has 3 nitrogen and oxygen atoms in total. The molecule has 1 aromatic carbocycles. The van der Waals surface area contributed by atoms with Crippen LogP contribution in [0.3, 0.4) is 0 Å². The molecular formula is C14H16FN3S2. The summed E-state index contributed by atoms with van der Waals surface area (Å²) in [7, 11) is 1.99. The number of thiocarbonyl (C=S) groups is 1. The van der Waals surface area contributed by atoms with E-state index < -0.39 is 0 Å². The van der Waals surface area contributed by atoms with Crippen molar-refractivity contribution in [3.05, 3.63) is 51.2 Å². The monoisotopic (exact) mass is 309 g/mol. The molecule has 0 atom stereocenters. The smallest absolute Gasteiger partial charge is 0.124 e. The van der Waals surface area contributed by atoms with E-state index in [9.17, 15) is 4.39 Å². The van der Waals surface area contributed by atoms with Crippen LogP contribution in [-0.4, -0.2) is 21.9 Å². The Morgan fingerprint density at radius 2 is 2.15 bits per heavy atom. The molecule has 0 aliphatic carbocycles. The summed E-state index contributed by atoms with van der Waals surface area (Å²) in [4.78, 5) is 7.77. The van der Waals surface area contributed by atoms with Gasteiger partial charge in [-0.2, -0.15) is 0 Å². The maximum absolute atomic E-state index is 13.5. The lowest BCUT2D eigenvalue weighted by Gasteiger charge is -2.16. The highest BCUT2D eigenvalue weighted by atomic mass is 32.1. The zero-order chi connectivity index (χ0) is 14.7. The van der Waals surface area contributed by atoms with E-state index in [0.717, 1.165) is 17.8 Å². The molecule has 2 aromatic rings. The third kappa shape index (κ3) is 3.82. The minimum atomic E-state index is -0.312. The lowest BCUT2D eigenvalue weighted by molar-refractivity contribution is 0.320. The van der Waals surface area contributed by atoms with Gasteiger partial charge in [-0.05, 0) is 37.7 Å². The second-order valence-electron chi connectivity index (χ2n) is 4.75. The first-order valence-corrected chi connectivity index (χ1v) is 7.41. The number of rotatable bonds is 5. The van der Waals surface area contributed by atoms with E-state index in [1.54, 1.807) is 11.3 Å². The fourth-order valence-corrected chi connectivity index (χ4v) is 2.95. The van der Waals surface area contributed by atoms with E-state index in [2.05, 4.69) is 9.88 Å². The third-order valence-corrected chi connectivity index (χ3v) is 4.11. The predicted octanol–water partition coefficient (Wildman–Crippen LogP) is 2.86. The summed E-state index contributed by atoms with van der Waals surface area (Å²) in [6.07, 6.45) is 0. The van der Waals surface area contributed by atoms with Crippen molar-refractivity contribution in [2.45, 2.75) is 20.0 Å². The van der Waals surface area contributed by atoms with Crippen LogP contribution in [0.1, 0.15) is 21.7 Å². The van der Waals surface area contributed by atoms with E-state index >= 15 is 0 Å². The van der Waals surface area contributed by atoms with Crippen molar-refractivity contribution in [1.29, 1.82) is 0 Å². The largest absolute Gasteiger partial charge is 0.389 e. The summed E-state index contributed by atoms with van der Waals surface area (Å²) < 4.78 is 13.5. The molecular weight excluding hydrogens is 293 g/mol. The molecule has 0 saturated heterocycles. The summed E-state index contributed by atoms with van der Waals surface area (Å²) in [5, 5.41) is 0. The standard InChI is InChI=1S/C14H16FN3S2/c1-9-13(20-8-17-9)7-18(2)6-10-3-11(14(16)19)5-12(15)4-10/h3-5,8H,6-7H2,1-2H3,(H2,16,19). The second-order valence-corrected chi connectivity index (χ2v) is 6.12. The van der Waals surface area contributed by atoms with Gasteiger partial charge in [-0.1, -0.05) is 12.2 Å². The molecule has 0 bridgehead atoms. The zero-order valence-electron chi connectivity index (χ0n) is 11.4. The number of hydrogen-bond acceptors (Lipinski definition) is 4. The van der Waals surface area contributed by atoms with Crippen molar-refractivity contribution in [3.63, 3.8) is 0 Å². The molecule has 0 fully saturated rings. The Balaban J connectivity index is 2.09. The van der Waals surface area contributed by atoms with Gasteiger partial charge in [-0.3, -0.25) is 4.90 Å². The van der Waals surface area contributed by atoms with Gasteiger partial charge in [-0.25, -0.2) is 9.37 Å². The number of thiazole rings is 1. The van der Waals surface area contributed by atoms with Crippen LogP contribution in [0.25, 0.3) is 0 Å². The van der Waals surface area contributed by atoms with Crippen molar-refractivity contribution < 1.29 is 4.39 Å². The van der Waals surface area contributed by atoms with Gasteiger partial charge in [-0.15, -0.1) is 11.3 Å². The Morgan fingerprint density at radius 1 is 1.40 bits per heavy atom. The molecule has 0 aliphatic rings. The lowest BCUT2D eigenvalue weighted by atomic mass is 10.1. The highest BCUT2D eigenvalue weighted by molar-refractivity contribution is 7.80. The normalized spacial score (nSPS) is 11.0. The Labute approximate surface area is 127 Å². The molecule has 0 radical (unpaired) electrons. The minimum Gasteiger partial charge on any atom is -0.389 e. The summed E-state index contributed by atoms with van der Waals surface area (Å²) in [6.45, 7) is 3.41. The Morgan fingerprint density at radius 3 is 2.75 bits per heavy atom. The van der Waals surface area contributed by atoms with Gasteiger partial charge in [0.25, 0.3) is 0 Å². The van der Waals surface area contributed by atoms with Gasteiger partial charge in [0.2, 0.25) is 0 Å². The van der Waals surface area contributed by atoms with E-state index in [-0.39, 0.29) is 10.8 Å². The fourth-order valence-electron chi connectivity index (χ4n) is 1.97. The molecule has 0 spiro atoms. The van der Waals surface area contributed by atoms with Gasteiger partial charge >= 0.3 is 0 Å². The van der Waals surface area contributed by atoms with E-state index in [0.29, 0.717) is 12.1 Å². The zero-order valence-corrected chi connectivity index (χ0v) is 13.0. The van der Waals surface area contributed by atoms with Crippen LogP contribution >= 0.6 is 23.6 Å². The van der Waals surface area contributed by atoms with Gasteiger partial charge in [0.15, 0.2) is 0 Å². The van der Waals surface area contributed by atoms with Crippen LogP contribution in [0.4, 0.5) is 4.39 Å². The minimum absolute atomic E-state index is 0.215. The van der Waals surface area contributed by atoms with Gasteiger partial charge in [0.05, 0.1) is 11.2 Å². The Bertz CT molecular complexity index is 625. The first kappa shape index (κ1) is 15.0. The second kappa shape index (κ2) is 6.39. The summed E-state index contributed by atoms with van der Waals surface area (Å²) >= 11 is 6.53. The molecule has 0 unspecified atom stereocenters. The van der Waals surface area contributed by atoms with Crippen molar-refractivity contribution in [3.8, 4) is 0 Å². The van der Waals surface area contributed by atoms with E-state index in [4.69, 9.17) is 18.0 Å². The molecule has 2 rings (SSSR count). The van der Waals surface area contributed by atoms with Crippen LogP contribution in [-0.2, 0) is 13.1 Å². The molecule has 0 amide bonds. The lowest BCUT2D eigenvalue weighted by Crippen LogP contribution is -2.18. The molecule has 0 aliphatic heterocycles. The van der Waals surface area contributed by atoms with Crippen molar-refractivity contribution >= 4 is 28.5 Å². The Hall–Kier alpha value is -1.37. The molecule has 2 N–H and O–H groups in total. The number of halogens is 1. The maximum Gasteiger partial charge on any atom is 0.124 e. The molecule has 106 valence electrons. The van der Waals surface area contributed by atoms with Crippen molar-refractivity contribution in [2.24, 2.45) is 5.73 Å². The number of nitrogens with two attached hydrogens (primary N) is 1. The van der Waals surface area contributed by atoms with Crippen molar-refractivity contribution in [2.75, 3.05) is 7.05 Å². The maximum atomic E-state index is 13.5. The van der Waals surface area contributed by atoms with Crippen LogP contribution < -0.4 is 5.73 Å². The number of aryl methyl sites for hydroxylation is 1. The van der Waals surface area contributed by atoms with Gasteiger partial charge in [0.1, 0.15) is 10.8 Å². The Kier molecular flexibility index (Phi) is 4.80. The summed E-state index contributed by atoms with van der Waals surface area (Å²) in [6, 6.07) is 4.71. The molecule has 0 saturated carbocycles.